The van der Waals surface area contributed by atoms with E-state index in [2.05, 4.69) is 32.6 Å². The highest BCUT2D eigenvalue weighted by Crippen LogP contribution is 2.16. The number of non-ortho nitro benzene ring substituents is 1. The number of nitrogens with zero attached hydrogens (tertiary/aromatic N) is 2. The molecule has 1 aromatic carbocycles. The summed E-state index contributed by atoms with van der Waals surface area (Å²) in [6, 6.07) is 6.93. The average Bonchev–Trinajstić information content (AvgIpc) is 2.27. The van der Waals surface area contributed by atoms with Crippen LogP contribution in [0.2, 0.25) is 0 Å². The topological polar surface area (TPSA) is 46.4 Å². The summed E-state index contributed by atoms with van der Waals surface area (Å²) in [5, 5.41) is 10.8. The lowest BCUT2D eigenvalue weighted by molar-refractivity contribution is -0.384. The lowest BCUT2D eigenvalue weighted by Gasteiger charge is -2.26. The quantitative estimate of drug-likeness (QED) is 0.557. The van der Waals surface area contributed by atoms with E-state index in [9.17, 15) is 10.1 Å². The molecule has 0 spiro atoms. The molecule has 4 nitrogen and oxygen atoms in total. The van der Waals surface area contributed by atoms with Crippen LogP contribution < -0.4 is 0 Å². The summed E-state index contributed by atoms with van der Waals surface area (Å²) >= 11 is 0. The van der Waals surface area contributed by atoms with Gasteiger partial charge in [0.15, 0.2) is 0 Å². The van der Waals surface area contributed by atoms with Gasteiger partial charge in [0.1, 0.15) is 0 Å². The van der Waals surface area contributed by atoms with Gasteiger partial charge in [-0.3, -0.25) is 15.0 Å². The van der Waals surface area contributed by atoms with Crippen molar-refractivity contribution in [2.24, 2.45) is 11.8 Å². The van der Waals surface area contributed by atoms with Gasteiger partial charge in [-0.25, -0.2) is 0 Å². The Labute approximate surface area is 115 Å². The lowest BCUT2D eigenvalue weighted by Crippen LogP contribution is -2.30. The smallest absolute Gasteiger partial charge is 0.269 e. The Hall–Kier alpha value is -1.42. The second-order valence-corrected chi connectivity index (χ2v) is 5.91. The molecule has 0 saturated carbocycles. The van der Waals surface area contributed by atoms with Crippen LogP contribution in [-0.4, -0.2) is 22.9 Å². The zero-order valence-electron chi connectivity index (χ0n) is 12.3. The fourth-order valence-corrected chi connectivity index (χ4v) is 2.26. The third kappa shape index (κ3) is 5.83. The highest BCUT2D eigenvalue weighted by atomic mass is 16.6. The second kappa shape index (κ2) is 7.24. The Morgan fingerprint density at radius 3 is 2.21 bits per heavy atom. The van der Waals surface area contributed by atoms with E-state index in [1.807, 2.05) is 6.07 Å². The molecule has 0 amide bonds. The van der Waals surface area contributed by atoms with Crippen molar-refractivity contribution in [1.82, 2.24) is 4.90 Å². The van der Waals surface area contributed by atoms with Crippen LogP contribution in [0.25, 0.3) is 0 Å². The van der Waals surface area contributed by atoms with Gasteiger partial charge in [-0.05, 0) is 17.4 Å². The maximum absolute atomic E-state index is 10.8. The first-order chi connectivity index (χ1) is 8.88. The summed E-state index contributed by atoms with van der Waals surface area (Å²) in [6.07, 6.45) is 0. The van der Waals surface area contributed by atoms with Gasteiger partial charge in [-0.15, -0.1) is 0 Å². The first-order valence-corrected chi connectivity index (χ1v) is 6.84. The van der Waals surface area contributed by atoms with E-state index in [0.29, 0.717) is 11.8 Å². The van der Waals surface area contributed by atoms with E-state index in [0.717, 1.165) is 25.2 Å². The SMILES string of the molecule is CC(C)CN(Cc1cccc([N+](=O)[O-])c1)CC(C)C. The van der Waals surface area contributed by atoms with Crippen LogP contribution >= 0.6 is 0 Å². The standard InChI is InChI=1S/C15H24N2O2/c1-12(2)9-16(10-13(3)4)11-14-6-5-7-15(8-14)17(18)19/h5-8,12-13H,9-11H2,1-4H3. The molecule has 0 bridgehead atoms. The summed E-state index contributed by atoms with van der Waals surface area (Å²) in [5.41, 5.74) is 1.18. The van der Waals surface area contributed by atoms with E-state index in [-0.39, 0.29) is 10.6 Å². The maximum atomic E-state index is 10.8. The van der Waals surface area contributed by atoms with Gasteiger partial charge in [0.2, 0.25) is 0 Å². The molecule has 19 heavy (non-hydrogen) atoms. The van der Waals surface area contributed by atoms with Gasteiger partial charge in [-0.2, -0.15) is 0 Å². The highest BCUT2D eigenvalue weighted by molar-refractivity contribution is 5.34. The first-order valence-electron chi connectivity index (χ1n) is 6.84. The normalized spacial score (nSPS) is 11.5. The van der Waals surface area contributed by atoms with E-state index >= 15 is 0 Å². The molecule has 0 heterocycles. The van der Waals surface area contributed by atoms with Crippen molar-refractivity contribution in [2.45, 2.75) is 34.2 Å². The molecule has 0 unspecified atom stereocenters. The number of nitro benzene ring substituents is 1. The van der Waals surface area contributed by atoms with Gasteiger partial charge in [0.25, 0.3) is 5.69 Å². The molecular formula is C15H24N2O2. The largest absolute Gasteiger partial charge is 0.299 e. The van der Waals surface area contributed by atoms with Crippen molar-refractivity contribution in [2.75, 3.05) is 13.1 Å². The van der Waals surface area contributed by atoms with Gasteiger partial charge in [-0.1, -0.05) is 39.8 Å². The molecule has 0 N–H and O–H groups in total. The fraction of sp³-hybridized carbons (Fsp3) is 0.600. The van der Waals surface area contributed by atoms with Crippen molar-refractivity contribution < 1.29 is 4.92 Å². The minimum Gasteiger partial charge on any atom is -0.299 e. The molecule has 106 valence electrons. The summed E-state index contributed by atoms with van der Waals surface area (Å²) in [6.45, 7) is 11.6. The summed E-state index contributed by atoms with van der Waals surface area (Å²) in [4.78, 5) is 12.8. The summed E-state index contributed by atoms with van der Waals surface area (Å²) < 4.78 is 0. The van der Waals surface area contributed by atoms with Crippen LogP contribution in [0.4, 0.5) is 5.69 Å². The van der Waals surface area contributed by atoms with Gasteiger partial charge >= 0.3 is 0 Å². The van der Waals surface area contributed by atoms with E-state index in [1.54, 1.807) is 18.2 Å². The molecule has 0 fully saturated rings. The van der Waals surface area contributed by atoms with Crippen molar-refractivity contribution in [1.29, 1.82) is 0 Å². The number of benzene rings is 1. The van der Waals surface area contributed by atoms with Crippen LogP contribution in [0.15, 0.2) is 24.3 Å². The zero-order valence-corrected chi connectivity index (χ0v) is 12.3. The molecule has 0 aliphatic heterocycles. The molecule has 0 aliphatic carbocycles. The van der Waals surface area contributed by atoms with Crippen LogP contribution in [-0.2, 0) is 6.54 Å². The number of hydrogen-bond donors (Lipinski definition) is 0. The number of rotatable bonds is 7. The lowest BCUT2D eigenvalue weighted by atomic mass is 10.1. The first kappa shape index (κ1) is 15.6. The summed E-state index contributed by atoms with van der Waals surface area (Å²) in [5.74, 6) is 1.19. The Kier molecular flexibility index (Phi) is 5.96. The molecule has 0 aromatic heterocycles. The molecule has 0 aliphatic rings. The highest BCUT2D eigenvalue weighted by Gasteiger charge is 2.12. The fourth-order valence-electron chi connectivity index (χ4n) is 2.26. The van der Waals surface area contributed by atoms with Crippen LogP contribution in [0.1, 0.15) is 33.3 Å². The monoisotopic (exact) mass is 264 g/mol. The van der Waals surface area contributed by atoms with Crippen LogP contribution in [0.5, 0.6) is 0 Å². The van der Waals surface area contributed by atoms with Crippen LogP contribution in [0, 0.1) is 22.0 Å². The second-order valence-electron chi connectivity index (χ2n) is 5.91. The Morgan fingerprint density at radius 1 is 1.16 bits per heavy atom. The minimum atomic E-state index is -0.335. The van der Waals surface area contributed by atoms with E-state index in [1.165, 1.54) is 0 Å². The Balaban J connectivity index is 2.77. The average molecular weight is 264 g/mol. The molecule has 0 radical (unpaired) electrons. The maximum Gasteiger partial charge on any atom is 0.269 e. The molecule has 4 heteroatoms. The Morgan fingerprint density at radius 2 is 1.74 bits per heavy atom. The van der Waals surface area contributed by atoms with Gasteiger partial charge in [0.05, 0.1) is 4.92 Å². The van der Waals surface area contributed by atoms with E-state index < -0.39 is 0 Å². The van der Waals surface area contributed by atoms with Crippen LogP contribution in [0.3, 0.4) is 0 Å². The summed E-state index contributed by atoms with van der Waals surface area (Å²) in [7, 11) is 0. The van der Waals surface area contributed by atoms with Crippen molar-refractivity contribution >= 4 is 5.69 Å². The third-order valence-electron chi connectivity index (χ3n) is 2.77. The molecule has 0 saturated heterocycles. The predicted octanol–water partition coefficient (Wildman–Crippen LogP) is 3.71. The molecule has 1 rings (SSSR count). The predicted molar refractivity (Wildman–Crippen MR) is 78.0 cm³/mol. The van der Waals surface area contributed by atoms with E-state index in [4.69, 9.17) is 0 Å². The zero-order chi connectivity index (χ0) is 14.4. The molecular weight excluding hydrogens is 240 g/mol. The van der Waals surface area contributed by atoms with Gasteiger partial charge in [0, 0.05) is 31.8 Å². The van der Waals surface area contributed by atoms with Crippen molar-refractivity contribution in [3.63, 3.8) is 0 Å². The molecule has 1 aromatic rings. The third-order valence-corrected chi connectivity index (χ3v) is 2.77. The number of hydrogen-bond acceptors (Lipinski definition) is 3. The molecule has 0 atom stereocenters. The van der Waals surface area contributed by atoms with Crippen molar-refractivity contribution in [3.8, 4) is 0 Å². The van der Waals surface area contributed by atoms with Gasteiger partial charge < -0.3 is 0 Å². The number of nitro groups is 1. The van der Waals surface area contributed by atoms with Crippen molar-refractivity contribution in [3.05, 3.63) is 39.9 Å². The minimum absolute atomic E-state index is 0.173. The Bertz CT molecular complexity index is 406.